The van der Waals surface area contributed by atoms with Crippen LogP contribution in [0.3, 0.4) is 0 Å². The number of nitrogens with one attached hydrogen (secondary N) is 1. The SMILES string of the molecule is COc1ccc(C(=O)Oc2ccc(/C(C)=N/NC(=O)Cn3nc(C)c([N+](=O)[O-])c3C)cc2OC)cc1. The molecule has 0 bridgehead atoms. The molecule has 0 atom stereocenters. The van der Waals surface area contributed by atoms with E-state index < -0.39 is 16.8 Å². The Hall–Kier alpha value is -4.74. The van der Waals surface area contributed by atoms with Gasteiger partial charge in [0.05, 0.1) is 30.4 Å². The molecule has 1 aromatic heterocycles. The third-order valence-corrected chi connectivity index (χ3v) is 5.28. The maximum absolute atomic E-state index is 12.5. The van der Waals surface area contributed by atoms with Gasteiger partial charge in [0.2, 0.25) is 0 Å². The number of hydrazone groups is 1. The lowest BCUT2D eigenvalue weighted by atomic mass is 10.1. The van der Waals surface area contributed by atoms with E-state index in [4.69, 9.17) is 14.2 Å². The van der Waals surface area contributed by atoms with E-state index in [1.165, 1.54) is 32.7 Å². The van der Waals surface area contributed by atoms with Gasteiger partial charge in [-0.15, -0.1) is 0 Å². The molecule has 0 radical (unpaired) electrons. The number of amides is 1. The molecule has 3 rings (SSSR count). The van der Waals surface area contributed by atoms with Gasteiger partial charge in [-0.05, 0) is 63.2 Å². The summed E-state index contributed by atoms with van der Waals surface area (Å²) in [6.07, 6.45) is 0. The maximum Gasteiger partial charge on any atom is 0.343 e. The Morgan fingerprint density at radius 1 is 1.06 bits per heavy atom. The van der Waals surface area contributed by atoms with Crippen LogP contribution in [0.1, 0.15) is 34.2 Å². The first-order valence-electron chi connectivity index (χ1n) is 10.7. The molecule has 1 amide bonds. The highest BCUT2D eigenvalue weighted by Crippen LogP contribution is 2.29. The number of methoxy groups -OCH3 is 2. The number of nitro groups is 1. The van der Waals surface area contributed by atoms with E-state index in [2.05, 4.69) is 15.6 Å². The number of nitrogens with zero attached hydrogens (tertiary/aromatic N) is 4. The first-order valence-corrected chi connectivity index (χ1v) is 10.7. The number of benzene rings is 2. The minimum absolute atomic E-state index is 0.123. The van der Waals surface area contributed by atoms with Crippen LogP contribution in [0.4, 0.5) is 5.69 Å². The normalized spacial score (nSPS) is 11.1. The van der Waals surface area contributed by atoms with Gasteiger partial charge in [0.25, 0.3) is 5.91 Å². The zero-order chi connectivity index (χ0) is 26.4. The molecule has 0 aliphatic heterocycles. The summed E-state index contributed by atoms with van der Waals surface area (Å²) in [7, 11) is 2.97. The lowest BCUT2D eigenvalue weighted by molar-refractivity contribution is -0.386. The van der Waals surface area contributed by atoms with Crippen LogP contribution >= 0.6 is 0 Å². The van der Waals surface area contributed by atoms with Crippen molar-refractivity contribution in [2.45, 2.75) is 27.3 Å². The van der Waals surface area contributed by atoms with Gasteiger partial charge in [0.1, 0.15) is 23.7 Å². The van der Waals surface area contributed by atoms with E-state index >= 15 is 0 Å². The predicted molar refractivity (Wildman–Crippen MR) is 130 cm³/mol. The topological polar surface area (TPSA) is 147 Å². The summed E-state index contributed by atoms with van der Waals surface area (Å²) in [4.78, 5) is 35.4. The van der Waals surface area contributed by atoms with Crippen LogP contribution in [0, 0.1) is 24.0 Å². The van der Waals surface area contributed by atoms with Gasteiger partial charge >= 0.3 is 11.7 Å². The Balaban J connectivity index is 1.68. The summed E-state index contributed by atoms with van der Waals surface area (Å²) >= 11 is 0. The van der Waals surface area contributed by atoms with E-state index in [-0.39, 0.29) is 29.4 Å². The van der Waals surface area contributed by atoms with Crippen LogP contribution in [0.25, 0.3) is 0 Å². The molecule has 0 unspecified atom stereocenters. The monoisotopic (exact) mass is 495 g/mol. The number of rotatable bonds is 9. The zero-order valence-corrected chi connectivity index (χ0v) is 20.4. The zero-order valence-electron chi connectivity index (χ0n) is 20.4. The highest BCUT2D eigenvalue weighted by Gasteiger charge is 2.22. The molecule has 1 N–H and O–H groups in total. The van der Waals surface area contributed by atoms with Gasteiger partial charge in [-0.3, -0.25) is 19.6 Å². The van der Waals surface area contributed by atoms with Crippen LogP contribution in [-0.4, -0.2) is 46.5 Å². The number of ether oxygens (including phenoxy) is 3. The van der Waals surface area contributed by atoms with E-state index in [1.807, 2.05) is 0 Å². The van der Waals surface area contributed by atoms with Gasteiger partial charge in [-0.25, -0.2) is 10.2 Å². The fraction of sp³-hybridized carbons (Fsp3) is 0.250. The van der Waals surface area contributed by atoms with Crippen molar-refractivity contribution < 1.29 is 28.7 Å². The summed E-state index contributed by atoms with van der Waals surface area (Å²) in [5.41, 5.74) is 4.20. The number of aromatic nitrogens is 2. The molecule has 0 saturated heterocycles. The van der Waals surface area contributed by atoms with Crippen LogP contribution < -0.4 is 19.6 Å². The Morgan fingerprint density at radius 3 is 2.31 bits per heavy atom. The average Bonchev–Trinajstić information content (AvgIpc) is 3.15. The summed E-state index contributed by atoms with van der Waals surface area (Å²) in [6.45, 7) is 4.47. The van der Waals surface area contributed by atoms with Gasteiger partial charge in [-0.1, -0.05) is 0 Å². The van der Waals surface area contributed by atoms with Crippen LogP contribution in [0.5, 0.6) is 17.2 Å². The molecule has 0 spiro atoms. The number of hydrogen-bond acceptors (Lipinski definition) is 9. The number of carbonyl (C=O) groups excluding carboxylic acids is 2. The summed E-state index contributed by atoms with van der Waals surface area (Å²) in [6, 6.07) is 11.3. The van der Waals surface area contributed by atoms with Crippen molar-refractivity contribution in [1.82, 2.24) is 15.2 Å². The van der Waals surface area contributed by atoms with E-state index in [0.29, 0.717) is 28.3 Å². The first-order chi connectivity index (χ1) is 17.1. The van der Waals surface area contributed by atoms with Gasteiger partial charge in [0, 0.05) is 5.56 Å². The fourth-order valence-corrected chi connectivity index (χ4v) is 3.35. The highest BCUT2D eigenvalue weighted by atomic mass is 16.6. The molecule has 1 heterocycles. The number of esters is 1. The molecule has 0 fully saturated rings. The molecular weight excluding hydrogens is 470 g/mol. The second kappa shape index (κ2) is 11.1. The lowest BCUT2D eigenvalue weighted by Gasteiger charge is -2.11. The van der Waals surface area contributed by atoms with Crippen molar-refractivity contribution in [2.75, 3.05) is 14.2 Å². The van der Waals surface area contributed by atoms with E-state index in [1.54, 1.807) is 49.4 Å². The van der Waals surface area contributed by atoms with Crippen LogP contribution in [-0.2, 0) is 11.3 Å². The third kappa shape index (κ3) is 5.84. The van der Waals surface area contributed by atoms with Gasteiger partial charge in [0.15, 0.2) is 11.5 Å². The Bertz CT molecular complexity index is 1330. The Kier molecular flexibility index (Phi) is 8.00. The molecule has 0 aliphatic rings. The molecule has 3 aromatic rings. The maximum atomic E-state index is 12.5. The van der Waals surface area contributed by atoms with Crippen molar-refractivity contribution >= 4 is 23.3 Å². The lowest BCUT2D eigenvalue weighted by Crippen LogP contribution is -2.25. The first kappa shape index (κ1) is 25.9. The molecule has 2 aromatic carbocycles. The summed E-state index contributed by atoms with van der Waals surface area (Å²) in [5, 5.41) is 19.3. The Morgan fingerprint density at radius 2 is 1.72 bits per heavy atom. The molecule has 0 saturated carbocycles. The summed E-state index contributed by atoms with van der Waals surface area (Å²) < 4.78 is 17.2. The molecule has 12 nitrogen and oxygen atoms in total. The number of carbonyl (C=O) groups is 2. The minimum Gasteiger partial charge on any atom is -0.497 e. The van der Waals surface area contributed by atoms with Crippen LogP contribution in [0.15, 0.2) is 47.6 Å². The number of hydrogen-bond donors (Lipinski definition) is 1. The van der Waals surface area contributed by atoms with Crippen LogP contribution in [0.2, 0.25) is 0 Å². The van der Waals surface area contributed by atoms with E-state index in [9.17, 15) is 19.7 Å². The third-order valence-electron chi connectivity index (χ3n) is 5.28. The molecular formula is C24H25N5O7. The molecule has 188 valence electrons. The summed E-state index contributed by atoms with van der Waals surface area (Å²) in [5.74, 6) is 0.0549. The van der Waals surface area contributed by atoms with Crippen molar-refractivity contribution in [3.05, 3.63) is 75.1 Å². The van der Waals surface area contributed by atoms with E-state index in [0.717, 1.165) is 0 Å². The highest BCUT2D eigenvalue weighted by molar-refractivity contribution is 6.00. The standard InChI is InChI=1S/C24H25N5O7/c1-14(25-26-22(30)13-28-16(3)23(29(32)33)15(2)27-28)18-8-11-20(21(12-18)35-5)36-24(31)17-6-9-19(34-4)10-7-17/h6-12H,13H2,1-5H3,(H,26,30)/b25-14+. The average molecular weight is 495 g/mol. The molecule has 0 aliphatic carbocycles. The quantitative estimate of drug-likeness (QED) is 0.156. The number of aryl methyl sites for hydroxylation is 1. The molecule has 36 heavy (non-hydrogen) atoms. The predicted octanol–water partition coefficient (Wildman–Crippen LogP) is 3.18. The minimum atomic E-state index is -0.564. The van der Waals surface area contributed by atoms with Crippen molar-refractivity contribution in [3.8, 4) is 17.2 Å². The van der Waals surface area contributed by atoms with Crippen molar-refractivity contribution in [2.24, 2.45) is 5.10 Å². The second-order valence-electron chi connectivity index (χ2n) is 7.65. The van der Waals surface area contributed by atoms with Gasteiger partial charge < -0.3 is 14.2 Å². The molecule has 12 heteroatoms. The van der Waals surface area contributed by atoms with Crippen molar-refractivity contribution in [3.63, 3.8) is 0 Å². The fourth-order valence-electron chi connectivity index (χ4n) is 3.35. The second-order valence-corrected chi connectivity index (χ2v) is 7.65. The smallest absolute Gasteiger partial charge is 0.343 e. The van der Waals surface area contributed by atoms with Crippen molar-refractivity contribution in [1.29, 1.82) is 0 Å². The van der Waals surface area contributed by atoms with Gasteiger partial charge in [-0.2, -0.15) is 10.2 Å². The Labute approximate surface area is 206 Å². The largest absolute Gasteiger partial charge is 0.497 e.